The van der Waals surface area contributed by atoms with Crippen molar-refractivity contribution in [1.29, 1.82) is 0 Å². The lowest BCUT2D eigenvalue weighted by Crippen LogP contribution is -2.29. The number of fused-ring (bicyclic) bond motifs is 1. The van der Waals surface area contributed by atoms with Crippen molar-refractivity contribution in [3.8, 4) is 0 Å². The molecule has 0 unspecified atom stereocenters. The van der Waals surface area contributed by atoms with E-state index in [1.165, 1.54) is 23.5 Å². The number of nitro benzene ring substituents is 1. The Morgan fingerprint density at radius 1 is 1.03 bits per heavy atom. The summed E-state index contributed by atoms with van der Waals surface area (Å²) in [5.74, 6) is 0.212. The summed E-state index contributed by atoms with van der Waals surface area (Å²) in [4.78, 5) is 42.8. The fourth-order valence-corrected chi connectivity index (χ4v) is 6.12. The van der Waals surface area contributed by atoms with Gasteiger partial charge in [0.25, 0.3) is 17.5 Å². The highest BCUT2D eigenvalue weighted by atomic mass is 32.2. The number of nitrogens with one attached hydrogen (secondary N) is 1. The lowest BCUT2D eigenvalue weighted by atomic mass is 10.1. The van der Waals surface area contributed by atoms with Gasteiger partial charge in [0, 0.05) is 36.7 Å². The predicted octanol–water partition coefficient (Wildman–Crippen LogP) is 5.99. The van der Waals surface area contributed by atoms with E-state index < -0.39 is 4.92 Å². The zero-order chi connectivity index (χ0) is 25.1. The van der Waals surface area contributed by atoms with Gasteiger partial charge in [-0.05, 0) is 48.7 Å². The van der Waals surface area contributed by atoms with Gasteiger partial charge in [0.1, 0.15) is 0 Å². The Balaban J connectivity index is 1.28. The van der Waals surface area contributed by atoms with Gasteiger partial charge < -0.3 is 10.2 Å². The van der Waals surface area contributed by atoms with E-state index in [2.05, 4.69) is 10.3 Å². The molecule has 1 aliphatic heterocycles. The molecule has 1 aliphatic rings. The van der Waals surface area contributed by atoms with Crippen LogP contribution in [0, 0.1) is 10.1 Å². The Labute approximate surface area is 215 Å². The van der Waals surface area contributed by atoms with Crippen molar-refractivity contribution >= 4 is 56.5 Å². The number of carbonyl (C=O) groups excluding carboxylic acids is 2. The Bertz CT molecular complexity index is 1450. The number of thiazole rings is 1. The molecule has 0 aliphatic carbocycles. The van der Waals surface area contributed by atoms with Gasteiger partial charge >= 0.3 is 0 Å². The summed E-state index contributed by atoms with van der Waals surface area (Å²) in [6.45, 7) is 1.45. The molecule has 182 valence electrons. The second-order valence-corrected chi connectivity index (χ2v) is 10.6. The minimum atomic E-state index is -0.412. The molecule has 10 heteroatoms. The molecule has 0 saturated carbocycles. The topological polar surface area (TPSA) is 105 Å². The number of amides is 2. The van der Waals surface area contributed by atoms with E-state index in [1.807, 2.05) is 12.1 Å². The van der Waals surface area contributed by atoms with E-state index >= 15 is 0 Å². The molecule has 4 aromatic rings. The average molecular weight is 519 g/mol. The second-order valence-electron chi connectivity index (χ2n) is 8.37. The van der Waals surface area contributed by atoms with E-state index in [1.54, 1.807) is 59.1 Å². The summed E-state index contributed by atoms with van der Waals surface area (Å²) in [5, 5.41) is 13.7. The number of anilines is 1. The van der Waals surface area contributed by atoms with Crippen LogP contribution in [-0.4, -0.2) is 39.7 Å². The highest BCUT2D eigenvalue weighted by Gasteiger charge is 2.24. The van der Waals surface area contributed by atoms with Crippen molar-refractivity contribution in [1.82, 2.24) is 9.88 Å². The minimum absolute atomic E-state index is 0.0707. The summed E-state index contributed by atoms with van der Waals surface area (Å²) in [5.41, 5.74) is 3.28. The Morgan fingerprint density at radius 2 is 1.75 bits per heavy atom. The van der Waals surface area contributed by atoms with Crippen molar-refractivity contribution in [2.75, 3.05) is 18.4 Å². The van der Waals surface area contributed by atoms with Crippen LogP contribution in [0.5, 0.6) is 0 Å². The fourth-order valence-electron chi connectivity index (χ4n) is 4.06. The van der Waals surface area contributed by atoms with Gasteiger partial charge in [-0.15, -0.1) is 11.3 Å². The zero-order valence-electron chi connectivity index (χ0n) is 19.2. The van der Waals surface area contributed by atoms with Crippen molar-refractivity contribution in [3.63, 3.8) is 0 Å². The van der Waals surface area contributed by atoms with Crippen molar-refractivity contribution in [2.24, 2.45) is 0 Å². The zero-order valence-corrected chi connectivity index (χ0v) is 20.8. The van der Waals surface area contributed by atoms with Crippen LogP contribution in [0.4, 0.5) is 11.4 Å². The molecule has 1 aromatic heterocycles. The number of hydrogen-bond acceptors (Lipinski definition) is 7. The first-order valence-electron chi connectivity index (χ1n) is 11.4. The summed E-state index contributed by atoms with van der Waals surface area (Å²) in [6.07, 6.45) is 1.98. The Hall–Kier alpha value is -3.76. The molecule has 36 heavy (non-hydrogen) atoms. The van der Waals surface area contributed by atoms with Crippen LogP contribution in [0.1, 0.15) is 39.1 Å². The molecule has 0 atom stereocenters. The van der Waals surface area contributed by atoms with E-state index in [-0.39, 0.29) is 17.5 Å². The molecular weight excluding hydrogens is 496 g/mol. The lowest BCUT2D eigenvalue weighted by Gasteiger charge is -2.17. The van der Waals surface area contributed by atoms with Crippen molar-refractivity contribution in [3.05, 3.63) is 93.5 Å². The lowest BCUT2D eigenvalue weighted by molar-refractivity contribution is -0.384. The summed E-state index contributed by atoms with van der Waals surface area (Å²) < 4.78 is 1.80. The molecule has 3 aromatic carbocycles. The Kier molecular flexibility index (Phi) is 6.97. The predicted molar refractivity (Wildman–Crippen MR) is 142 cm³/mol. The normalized spacial score (nSPS) is 13.2. The second kappa shape index (κ2) is 10.5. The van der Waals surface area contributed by atoms with Gasteiger partial charge in [-0.3, -0.25) is 19.7 Å². The quantitative estimate of drug-likeness (QED) is 0.183. The molecule has 1 fully saturated rings. The van der Waals surface area contributed by atoms with Crippen LogP contribution in [-0.2, 0) is 5.75 Å². The van der Waals surface area contributed by atoms with E-state index in [4.69, 9.17) is 0 Å². The number of benzene rings is 3. The maximum Gasteiger partial charge on any atom is 0.269 e. The van der Waals surface area contributed by atoms with Crippen molar-refractivity contribution in [2.45, 2.75) is 22.9 Å². The minimum Gasteiger partial charge on any atom is -0.339 e. The van der Waals surface area contributed by atoms with E-state index in [0.717, 1.165) is 46.1 Å². The molecule has 1 N–H and O–H groups in total. The first-order valence-corrected chi connectivity index (χ1v) is 13.2. The van der Waals surface area contributed by atoms with Crippen LogP contribution < -0.4 is 5.32 Å². The van der Waals surface area contributed by atoms with E-state index in [9.17, 15) is 19.7 Å². The number of likely N-dealkylation sites (tertiary alicyclic amines) is 1. The van der Waals surface area contributed by atoms with Gasteiger partial charge in [-0.2, -0.15) is 0 Å². The fraction of sp³-hybridized carbons (Fsp3) is 0.192. The molecule has 5 rings (SSSR count). The SMILES string of the molecule is O=C(Nc1ccc2nc(SCc3ccc([N+](=O)[O-])cc3)sc2c1)c1ccccc1C(=O)N1CCCC1. The number of rotatable bonds is 7. The Morgan fingerprint density at radius 3 is 2.47 bits per heavy atom. The van der Waals surface area contributed by atoms with E-state index in [0.29, 0.717) is 22.6 Å². The van der Waals surface area contributed by atoms with Gasteiger partial charge in [0.15, 0.2) is 4.34 Å². The number of thioether (sulfide) groups is 1. The standard InChI is InChI=1S/C26H22N4O4S2/c31-24(20-5-1-2-6-21(20)25(32)29-13-3-4-14-29)27-18-9-12-22-23(15-18)36-26(28-22)35-16-17-7-10-19(11-8-17)30(33)34/h1-2,5-12,15H,3-4,13-14,16H2,(H,27,31). The van der Waals surface area contributed by atoms with Gasteiger partial charge in [0.2, 0.25) is 0 Å². The molecule has 8 nitrogen and oxygen atoms in total. The number of nitro groups is 1. The van der Waals surface area contributed by atoms with Crippen LogP contribution in [0.25, 0.3) is 10.2 Å². The molecule has 0 radical (unpaired) electrons. The van der Waals surface area contributed by atoms with Crippen LogP contribution in [0.3, 0.4) is 0 Å². The first kappa shape index (κ1) is 24.0. The monoisotopic (exact) mass is 518 g/mol. The van der Waals surface area contributed by atoms with Gasteiger partial charge in [-0.1, -0.05) is 36.0 Å². The van der Waals surface area contributed by atoms with Crippen LogP contribution in [0.15, 0.2) is 71.1 Å². The number of nitrogens with zero attached hydrogens (tertiary/aromatic N) is 3. The highest BCUT2D eigenvalue weighted by Crippen LogP contribution is 2.33. The molecular formula is C26H22N4O4S2. The summed E-state index contributed by atoms with van der Waals surface area (Å²) in [7, 11) is 0. The molecule has 0 bridgehead atoms. The maximum atomic E-state index is 13.1. The van der Waals surface area contributed by atoms with Crippen LogP contribution >= 0.6 is 23.1 Å². The number of aromatic nitrogens is 1. The first-order chi connectivity index (χ1) is 17.5. The molecule has 2 amide bonds. The molecule has 1 saturated heterocycles. The summed E-state index contributed by atoms with van der Waals surface area (Å²) >= 11 is 3.07. The van der Waals surface area contributed by atoms with Gasteiger partial charge in [0.05, 0.1) is 26.3 Å². The largest absolute Gasteiger partial charge is 0.339 e. The third-order valence-electron chi connectivity index (χ3n) is 5.93. The maximum absolute atomic E-state index is 13.1. The summed E-state index contributed by atoms with van der Waals surface area (Å²) in [6, 6.07) is 19.0. The third kappa shape index (κ3) is 5.24. The number of hydrogen-bond donors (Lipinski definition) is 1. The van der Waals surface area contributed by atoms with Crippen molar-refractivity contribution < 1.29 is 14.5 Å². The van der Waals surface area contributed by atoms with Crippen LogP contribution in [0.2, 0.25) is 0 Å². The third-order valence-corrected chi connectivity index (χ3v) is 8.16. The number of carbonyl (C=O) groups is 2. The molecule has 2 heterocycles. The highest BCUT2D eigenvalue weighted by molar-refractivity contribution is 8.00. The average Bonchev–Trinajstić information content (AvgIpc) is 3.57. The number of non-ortho nitro benzene ring substituents is 1. The van der Waals surface area contributed by atoms with Gasteiger partial charge in [-0.25, -0.2) is 4.98 Å². The smallest absolute Gasteiger partial charge is 0.269 e. The molecule has 0 spiro atoms.